The Bertz CT molecular complexity index is 346. The molecule has 0 saturated carbocycles. The summed E-state index contributed by atoms with van der Waals surface area (Å²) >= 11 is 1.01. The third-order valence-corrected chi connectivity index (χ3v) is 4.78. The molecule has 1 aromatic heterocycles. The zero-order valence-electron chi connectivity index (χ0n) is 6.53. The molecular formula is C6H5N4NaSe. The Kier molecular flexibility index (Phi) is 3.39. The van der Waals surface area contributed by atoms with Crippen LogP contribution in [0.5, 0.6) is 0 Å². The van der Waals surface area contributed by atoms with Gasteiger partial charge in [-0.25, -0.2) is 0 Å². The van der Waals surface area contributed by atoms with Gasteiger partial charge in [-0.3, -0.25) is 0 Å². The number of nitrogens with zero attached hydrogens (tertiary/aromatic N) is 2. The number of anilines is 2. The van der Waals surface area contributed by atoms with Gasteiger partial charge in [0.15, 0.2) is 0 Å². The topological polar surface area (TPSA) is 88.7 Å². The maximum atomic E-state index is 8.74. The molecule has 0 bridgehead atoms. The van der Waals surface area contributed by atoms with E-state index in [1.807, 2.05) is 6.07 Å². The Labute approximate surface area is 90.8 Å². The molecule has 1 heterocycles. The first-order valence-corrected chi connectivity index (χ1v) is 10.0. The summed E-state index contributed by atoms with van der Waals surface area (Å²) in [6, 6.07) is 3.56. The number of nitrogens with two attached hydrogens (primary N) is 2. The molecule has 0 spiro atoms. The molecule has 0 atom stereocenters. The number of hydrogen-bond donors (Lipinski definition) is 2. The molecule has 0 unspecified atom stereocenters. The van der Waals surface area contributed by atoms with Gasteiger partial charge in [-0.15, -0.1) is 0 Å². The second-order valence-electron chi connectivity index (χ2n) is 2.13. The van der Waals surface area contributed by atoms with Gasteiger partial charge >= 0.3 is 91.4 Å². The normalized spacial score (nSPS) is 9.42. The molecule has 0 aromatic carbocycles. The Morgan fingerprint density at radius 1 is 1.58 bits per heavy atom. The maximum absolute atomic E-state index is 8.74. The summed E-state index contributed by atoms with van der Waals surface area (Å²) in [5.74, 6) is 0.402. The predicted molar refractivity (Wildman–Crippen MR) is 48.9 cm³/mol. The fraction of sp³-hybridized carbons (Fsp3) is 0. The van der Waals surface area contributed by atoms with E-state index in [1.165, 1.54) is 6.07 Å². The van der Waals surface area contributed by atoms with Crippen molar-refractivity contribution in [2.24, 2.45) is 0 Å². The fourth-order valence-electron chi connectivity index (χ4n) is 0.820. The molecular weight excluding hydrogens is 230 g/mol. The SMILES string of the molecule is N#Cc1c(N)cc(N)nc1[Se][Na]. The van der Waals surface area contributed by atoms with Crippen LogP contribution < -0.4 is 16.1 Å². The van der Waals surface area contributed by atoms with Gasteiger partial charge < -0.3 is 0 Å². The molecule has 0 aliphatic rings. The van der Waals surface area contributed by atoms with Gasteiger partial charge in [0.2, 0.25) is 0 Å². The molecule has 4 N–H and O–H groups in total. The van der Waals surface area contributed by atoms with E-state index in [0.29, 0.717) is 17.1 Å². The number of nitrogen functional groups attached to an aromatic ring is 2. The van der Waals surface area contributed by atoms with Crippen molar-refractivity contribution >= 4 is 52.0 Å². The monoisotopic (exact) mass is 236 g/mol. The van der Waals surface area contributed by atoms with Crippen LogP contribution >= 0.6 is 0 Å². The van der Waals surface area contributed by atoms with Crippen molar-refractivity contribution in [1.29, 1.82) is 5.26 Å². The minimum absolute atomic E-state index is 0.286. The van der Waals surface area contributed by atoms with Crippen LogP contribution in [-0.4, -0.2) is 40.9 Å². The Balaban J connectivity index is 3.36. The fourth-order valence-corrected chi connectivity index (χ4v) is 3.54. The van der Waals surface area contributed by atoms with E-state index < -0.39 is 0 Å². The number of pyridine rings is 1. The average Bonchev–Trinajstić information content (AvgIpc) is 2.03. The first-order valence-electron chi connectivity index (χ1n) is 3.19. The molecule has 0 radical (unpaired) electrons. The Hall–Kier alpha value is -0.241. The molecule has 0 saturated heterocycles. The third-order valence-electron chi connectivity index (χ3n) is 1.34. The van der Waals surface area contributed by atoms with E-state index in [2.05, 4.69) is 4.98 Å². The van der Waals surface area contributed by atoms with E-state index >= 15 is 0 Å². The van der Waals surface area contributed by atoms with E-state index in [4.69, 9.17) is 16.7 Å². The van der Waals surface area contributed by atoms with Crippen LogP contribution in [0.3, 0.4) is 0 Å². The number of hydrogen-bond acceptors (Lipinski definition) is 4. The molecule has 56 valence electrons. The summed E-state index contributed by atoms with van der Waals surface area (Å²) in [6.45, 7) is 0. The quantitative estimate of drug-likeness (QED) is 0.581. The van der Waals surface area contributed by atoms with Crippen molar-refractivity contribution < 1.29 is 0 Å². The summed E-state index contributed by atoms with van der Waals surface area (Å²) < 4.78 is 0.786. The first kappa shape index (κ1) is 9.84. The van der Waals surface area contributed by atoms with Crippen LogP contribution in [0.4, 0.5) is 11.5 Å². The standard InChI is InChI=1S/C6H6N4Se.Na/c7-2-3-4(8)1-5(9)10-6(3)11;/h1H,(H5,8,9,10,11);/q;+1/p-1. The van der Waals surface area contributed by atoms with Gasteiger partial charge in [0, 0.05) is 0 Å². The molecule has 0 fully saturated rings. The van der Waals surface area contributed by atoms with Crippen molar-refractivity contribution in [1.82, 2.24) is 4.98 Å². The van der Waals surface area contributed by atoms with Crippen molar-refractivity contribution in [2.45, 2.75) is 0 Å². The zero-order chi connectivity index (χ0) is 9.14. The van der Waals surface area contributed by atoms with Gasteiger partial charge in [0.25, 0.3) is 0 Å². The summed E-state index contributed by atoms with van der Waals surface area (Å²) in [6.07, 6.45) is 0. The van der Waals surface area contributed by atoms with Crippen LogP contribution in [-0.2, 0) is 0 Å². The van der Waals surface area contributed by atoms with Crippen LogP contribution in [0, 0.1) is 11.3 Å². The van der Waals surface area contributed by atoms with Crippen LogP contribution in [0.15, 0.2) is 6.07 Å². The zero-order valence-corrected chi connectivity index (χ0v) is 10.2. The predicted octanol–water partition coefficient (Wildman–Crippen LogP) is -1.47. The van der Waals surface area contributed by atoms with Gasteiger partial charge in [0.05, 0.1) is 0 Å². The Morgan fingerprint density at radius 2 is 2.25 bits per heavy atom. The molecule has 6 heteroatoms. The van der Waals surface area contributed by atoms with Crippen LogP contribution in [0.2, 0.25) is 0 Å². The molecule has 0 aliphatic carbocycles. The van der Waals surface area contributed by atoms with Gasteiger partial charge in [-0.05, 0) is 0 Å². The number of aromatic nitrogens is 1. The van der Waals surface area contributed by atoms with E-state index in [-0.39, 0.29) is 10.5 Å². The van der Waals surface area contributed by atoms with Crippen molar-refractivity contribution in [3.63, 3.8) is 0 Å². The van der Waals surface area contributed by atoms with Crippen LogP contribution in [0.1, 0.15) is 5.56 Å². The van der Waals surface area contributed by atoms with Crippen molar-refractivity contribution in [3.8, 4) is 6.07 Å². The molecule has 0 amide bonds. The van der Waals surface area contributed by atoms with Crippen molar-refractivity contribution in [3.05, 3.63) is 11.6 Å². The van der Waals surface area contributed by atoms with E-state index in [9.17, 15) is 0 Å². The average molecular weight is 235 g/mol. The molecule has 1 rings (SSSR count). The summed E-state index contributed by atoms with van der Waals surface area (Å²) in [5.41, 5.74) is 12.0. The number of nitriles is 1. The molecule has 4 nitrogen and oxygen atoms in total. The second kappa shape index (κ2) is 4.13. The van der Waals surface area contributed by atoms with Gasteiger partial charge in [-0.2, -0.15) is 0 Å². The molecule has 12 heavy (non-hydrogen) atoms. The van der Waals surface area contributed by atoms with Gasteiger partial charge in [0.1, 0.15) is 0 Å². The van der Waals surface area contributed by atoms with E-state index in [1.54, 1.807) is 0 Å². The minimum atomic E-state index is 0.286. The number of rotatable bonds is 1. The summed E-state index contributed by atoms with van der Waals surface area (Å²) in [7, 11) is 0.286. The molecule has 0 aliphatic heterocycles. The summed E-state index contributed by atoms with van der Waals surface area (Å²) in [5, 5.41) is 8.74. The third kappa shape index (κ3) is 1.92. The van der Waals surface area contributed by atoms with Crippen LogP contribution in [0.25, 0.3) is 0 Å². The van der Waals surface area contributed by atoms with E-state index in [0.717, 1.165) is 30.0 Å². The summed E-state index contributed by atoms with van der Waals surface area (Å²) in [4.78, 5) is 4.06. The second-order valence-corrected chi connectivity index (χ2v) is 5.92. The van der Waals surface area contributed by atoms with Crippen molar-refractivity contribution in [2.75, 3.05) is 11.5 Å². The molecule has 1 aromatic rings. The van der Waals surface area contributed by atoms with Gasteiger partial charge in [-0.1, -0.05) is 0 Å². The first-order chi connectivity index (χ1) is 5.69. The Morgan fingerprint density at radius 3 is 2.75 bits per heavy atom.